The van der Waals surface area contributed by atoms with Crippen LogP contribution in [0.4, 0.5) is 0 Å². The van der Waals surface area contributed by atoms with Crippen molar-refractivity contribution in [1.82, 2.24) is 4.98 Å². The third-order valence-corrected chi connectivity index (χ3v) is 15.0. The molecular formula is C17H35NO2SSi2. The molecule has 0 radical (unpaired) electrons. The minimum absolute atomic E-state index is 0.0590. The van der Waals surface area contributed by atoms with Gasteiger partial charge in [0.2, 0.25) is 0 Å². The fourth-order valence-corrected chi connectivity index (χ4v) is 4.44. The SMILES string of the molecule is CC(C)(C)[Si](C)(C)OCC(O[Si](C)(C)C(C)(C)C)c1cscn1. The van der Waals surface area contributed by atoms with Crippen LogP contribution in [0.15, 0.2) is 10.9 Å². The summed E-state index contributed by atoms with van der Waals surface area (Å²) in [6.45, 7) is 23.4. The van der Waals surface area contributed by atoms with Crippen LogP contribution in [0.5, 0.6) is 0 Å². The number of aromatic nitrogens is 1. The van der Waals surface area contributed by atoms with E-state index in [1.807, 2.05) is 5.51 Å². The van der Waals surface area contributed by atoms with Gasteiger partial charge in [-0.3, -0.25) is 0 Å². The highest BCUT2D eigenvalue weighted by atomic mass is 32.1. The Bertz CT molecular complexity index is 488. The van der Waals surface area contributed by atoms with Crippen LogP contribution in [0, 0.1) is 0 Å². The molecule has 0 amide bonds. The molecule has 0 N–H and O–H groups in total. The number of nitrogens with zero attached hydrogens (tertiary/aromatic N) is 1. The summed E-state index contributed by atoms with van der Waals surface area (Å²) < 4.78 is 13.1. The van der Waals surface area contributed by atoms with Gasteiger partial charge in [0.1, 0.15) is 6.10 Å². The van der Waals surface area contributed by atoms with Crippen molar-refractivity contribution in [2.24, 2.45) is 0 Å². The zero-order valence-corrected chi connectivity index (χ0v) is 19.4. The largest absolute Gasteiger partial charge is 0.414 e. The lowest BCUT2D eigenvalue weighted by molar-refractivity contribution is 0.105. The standard InChI is InChI=1S/C17H35NO2SSi2/c1-16(2,3)22(7,8)19-11-15(14-12-21-13-18-14)20-23(9,10)17(4,5)6/h12-13,15H,11H2,1-10H3. The second kappa shape index (κ2) is 7.08. The molecule has 1 heterocycles. The summed E-state index contributed by atoms with van der Waals surface area (Å²) >= 11 is 1.62. The number of hydrogen-bond donors (Lipinski definition) is 0. The first-order valence-electron chi connectivity index (χ1n) is 8.37. The van der Waals surface area contributed by atoms with Gasteiger partial charge < -0.3 is 8.85 Å². The fourth-order valence-electron chi connectivity index (χ4n) is 1.59. The first-order chi connectivity index (χ1) is 10.2. The van der Waals surface area contributed by atoms with Gasteiger partial charge in [-0.1, -0.05) is 41.5 Å². The van der Waals surface area contributed by atoms with Crippen LogP contribution in [0.25, 0.3) is 0 Å². The molecule has 0 saturated heterocycles. The summed E-state index contributed by atoms with van der Waals surface area (Å²) in [5.74, 6) is 0. The summed E-state index contributed by atoms with van der Waals surface area (Å²) in [6.07, 6.45) is -0.0590. The molecule has 0 aliphatic rings. The first-order valence-corrected chi connectivity index (χ1v) is 15.1. The van der Waals surface area contributed by atoms with Gasteiger partial charge in [0.15, 0.2) is 16.6 Å². The molecule has 6 heteroatoms. The Balaban J connectivity index is 2.93. The minimum atomic E-state index is -1.87. The predicted molar refractivity (Wildman–Crippen MR) is 106 cm³/mol. The molecule has 3 nitrogen and oxygen atoms in total. The molecule has 1 atom stereocenters. The summed E-state index contributed by atoms with van der Waals surface area (Å²) in [5.41, 5.74) is 2.89. The Morgan fingerprint density at radius 2 is 1.52 bits per heavy atom. The highest BCUT2D eigenvalue weighted by Crippen LogP contribution is 2.41. The number of hydrogen-bond acceptors (Lipinski definition) is 4. The van der Waals surface area contributed by atoms with Crippen LogP contribution in [0.1, 0.15) is 53.3 Å². The molecule has 1 aromatic heterocycles. The summed E-state index contributed by atoms with van der Waals surface area (Å²) in [4.78, 5) is 4.50. The van der Waals surface area contributed by atoms with E-state index < -0.39 is 16.6 Å². The molecule has 1 aromatic rings. The van der Waals surface area contributed by atoms with Gasteiger partial charge in [-0.2, -0.15) is 0 Å². The number of rotatable bonds is 6. The Labute approximate surface area is 149 Å². The molecule has 0 fully saturated rings. The quantitative estimate of drug-likeness (QED) is 0.554. The predicted octanol–water partition coefficient (Wildman–Crippen LogP) is 6.23. The van der Waals surface area contributed by atoms with E-state index >= 15 is 0 Å². The van der Waals surface area contributed by atoms with Crippen molar-refractivity contribution in [3.63, 3.8) is 0 Å². The van der Waals surface area contributed by atoms with Crippen molar-refractivity contribution in [2.45, 2.75) is 83.9 Å². The highest BCUT2D eigenvalue weighted by Gasteiger charge is 2.42. The van der Waals surface area contributed by atoms with E-state index in [1.54, 1.807) is 11.3 Å². The molecule has 1 rings (SSSR count). The van der Waals surface area contributed by atoms with Gasteiger partial charge in [0.05, 0.1) is 17.8 Å². The van der Waals surface area contributed by atoms with Crippen molar-refractivity contribution < 1.29 is 8.85 Å². The van der Waals surface area contributed by atoms with E-state index in [1.165, 1.54) is 0 Å². The maximum Gasteiger partial charge on any atom is 0.193 e. The van der Waals surface area contributed by atoms with Crippen LogP contribution >= 0.6 is 11.3 Å². The molecular weight excluding hydrogens is 338 g/mol. The maximum absolute atomic E-state index is 6.64. The van der Waals surface area contributed by atoms with Crippen molar-refractivity contribution in [2.75, 3.05) is 6.61 Å². The molecule has 0 saturated carbocycles. The van der Waals surface area contributed by atoms with E-state index in [2.05, 4.69) is 78.1 Å². The van der Waals surface area contributed by atoms with Crippen LogP contribution in [0.3, 0.4) is 0 Å². The third-order valence-electron chi connectivity index (χ3n) is 5.43. The Morgan fingerprint density at radius 3 is 1.91 bits per heavy atom. The Kier molecular flexibility index (Phi) is 6.47. The lowest BCUT2D eigenvalue weighted by atomic mass is 10.2. The molecule has 0 aromatic carbocycles. The van der Waals surface area contributed by atoms with E-state index in [0.29, 0.717) is 6.61 Å². The topological polar surface area (TPSA) is 31.4 Å². The van der Waals surface area contributed by atoms with Crippen molar-refractivity contribution in [3.8, 4) is 0 Å². The van der Waals surface area contributed by atoms with Crippen molar-refractivity contribution >= 4 is 28.0 Å². The van der Waals surface area contributed by atoms with E-state index in [-0.39, 0.29) is 16.2 Å². The van der Waals surface area contributed by atoms with E-state index in [0.717, 1.165) is 5.69 Å². The average Bonchev–Trinajstić information content (AvgIpc) is 2.85. The molecule has 134 valence electrons. The van der Waals surface area contributed by atoms with Crippen LogP contribution < -0.4 is 0 Å². The Morgan fingerprint density at radius 1 is 1.00 bits per heavy atom. The van der Waals surface area contributed by atoms with Crippen LogP contribution in [-0.4, -0.2) is 28.2 Å². The summed E-state index contributed by atoms with van der Waals surface area (Å²) in [6, 6.07) is 0. The van der Waals surface area contributed by atoms with Crippen LogP contribution in [-0.2, 0) is 8.85 Å². The summed E-state index contributed by atoms with van der Waals surface area (Å²) in [5, 5.41) is 2.47. The molecule has 23 heavy (non-hydrogen) atoms. The van der Waals surface area contributed by atoms with Gasteiger partial charge in [-0.25, -0.2) is 4.98 Å². The fraction of sp³-hybridized carbons (Fsp3) is 0.824. The average molecular weight is 374 g/mol. The lowest BCUT2D eigenvalue weighted by Gasteiger charge is -2.41. The van der Waals surface area contributed by atoms with Gasteiger partial charge >= 0.3 is 0 Å². The third kappa shape index (κ3) is 5.49. The zero-order chi connectivity index (χ0) is 18.1. The van der Waals surface area contributed by atoms with Crippen molar-refractivity contribution in [1.29, 1.82) is 0 Å². The van der Waals surface area contributed by atoms with Gasteiger partial charge in [-0.15, -0.1) is 11.3 Å². The highest BCUT2D eigenvalue weighted by molar-refractivity contribution is 7.07. The van der Waals surface area contributed by atoms with Gasteiger partial charge in [-0.05, 0) is 36.3 Å². The van der Waals surface area contributed by atoms with Gasteiger partial charge in [0, 0.05) is 5.38 Å². The van der Waals surface area contributed by atoms with E-state index in [9.17, 15) is 0 Å². The minimum Gasteiger partial charge on any atom is -0.414 e. The zero-order valence-electron chi connectivity index (χ0n) is 16.6. The molecule has 0 bridgehead atoms. The molecule has 0 aliphatic carbocycles. The smallest absolute Gasteiger partial charge is 0.193 e. The monoisotopic (exact) mass is 373 g/mol. The maximum atomic E-state index is 6.64. The second-order valence-electron chi connectivity index (χ2n) is 9.35. The molecule has 0 spiro atoms. The molecule has 1 unspecified atom stereocenters. The normalized spacial score (nSPS) is 15.7. The lowest BCUT2D eigenvalue weighted by Crippen LogP contribution is -2.45. The summed E-state index contributed by atoms with van der Waals surface area (Å²) in [7, 11) is -3.66. The second-order valence-corrected chi connectivity index (χ2v) is 19.6. The van der Waals surface area contributed by atoms with E-state index in [4.69, 9.17) is 8.85 Å². The number of thiazole rings is 1. The van der Waals surface area contributed by atoms with Crippen molar-refractivity contribution in [3.05, 3.63) is 16.6 Å². The molecule has 0 aliphatic heterocycles. The van der Waals surface area contributed by atoms with Gasteiger partial charge in [0.25, 0.3) is 0 Å². The first kappa shape index (κ1) is 21.0. The van der Waals surface area contributed by atoms with Crippen LogP contribution in [0.2, 0.25) is 36.3 Å². The Hall–Kier alpha value is -0.0162.